The topological polar surface area (TPSA) is 52.6 Å². The van der Waals surface area contributed by atoms with Crippen LogP contribution in [0.3, 0.4) is 0 Å². The average molecular weight is 419 g/mol. The van der Waals surface area contributed by atoms with E-state index >= 15 is 0 Å². The quantitative estimate of drug-likeness (QED) is 0.474. The van der Waals surface area contributed by atoms with E-state index in [-0.39, 0.29) is 23.5 Å². The van der Waals surface area contributed by atoms with E-state index in [0.717, 1.165) is 38.5 Å². The maximum atomic E-state index is 12.4. The van der Waals surface area contributed by atoms with Gasteiger partial charge >= 0.3 is 11.9 Å². The first-order chi connectivity index (χ1) is 15.0. The first-order valence-corrected chi connectivity index (χ1v) is 11.5. The summed E-state index contributed by atoms with van der Waals surface area (Å²) in [6.07, 6.45) is 6.60. The molecule has 0 spiro atoms. The third kappa shape index (κ3) is 3.56. The summed E-state index contributed by atoms with van der Waals surface area (Å²) < 4.78 is 11.4. The van der Waals surface area contributed by atoms with Gasteiger partial charge in [0.2, 0.25) is 0 Å². The smallest absolute Gasteiger partial charge is 0.343 e. The van der Waals surface area contributed by atoms with Gasteiger partial charge in [0, 0.05) is 12.3 Å². The summed E-state index contributed by atoms with van der Waals surface area (Å²) in [6.45, 7) is 3.87. The van der Waals surface area contributed by atoms with E-state index in [2.05, 4.69) is 19.1 Å². The molecule has 162 valence electrons. The predicted octanol–water partition coefficient (Wildman–Crippen LogP) is 5.69. The molecule has 2 aromatic carbocycles. The van der Waals surface area contributed by atoms with Crippen LogP contribution in [0.15, 0.2) is 48.5 Å². The van der Waals surface area contributed by atoms with Crippen LogP contribution in [0, 0.1) is 17.3 Å². The fourth-order valence-corrected chi connectivity index (χ4v) is 6.71. The van der Waals surface area contributed by atoms with Crippen molar-refractivity contribution in [3.05, 3.63) is 65.2 Å². The predicted molar refractivity (Wildman–Crippen MR) is 118 cm³/mol. The SMILES string of the molecule is CC(=O)O[C@@H]1CC[C@H]2[C@@H]3CCc4cc(OC(=O)c5ccccc5)ccc4[C@H]3CC[C@]12C. The highest BCUT2D eigenvalue weighted by Gasteiger charge is 2.56. The van der Waals surface area contributed by atoms with Crippen molar-refractivity contribution in [1.82, 2.24) is 0 Å². The van der Waals surface area contributed by atoms with Gasteiger partial charge in [-0.1, -0.05) is 31.2 Å². The molecule has 0 N–H and O–H groups in total. The number of carbonyl (C=O) groups is 2. The van der Waals surface area contributed by atoms with Crippen molar-refractivity contribution in [1.29, 1.82) is 0 Å². The van der Waals surface area contributed by atoms with E-state index < -0.39 is 0 Å². The lowest BCUT2D eigenvalue weighted by atomic mass is 9.55. The number of benzene rings is 2. The molecular weight excluding hydrogens is 388 g/mol. The minimum Gasteiger partial charge on any atom is -0.462 e. The van der Waals surface area contributed by atoms with Gasteiger partial charge in [-0.05, 0) is 91.7 Å². The van der Waals surface area contributed by atoms with Gasteiger partial charge in [-0.25, -0.2) is 4.79 Å². The molecule has 4 heteroatoms. The molecule has 0 radical (unpaired) electrons. The van der Waals surface area contributed by atoms with Crippen molar-refractivity contribution in [2.75, 3.05) is 0 Å². The van der Waals surface area contributed by atoms with Gasteiger partial charge in [0.05, 0.1) is 5.56 Å². The molecule has 0 unspecified atom stereocenters. The van der Waals surface area contributed by atoms with Crippen molar-refractivity contribution < 1.29 is 19.1 Å². The van der Waals surface area contributed by atoms with E-state index in [1.807, 2.05) is 24.3 Å². The fraction of sp³-hybridized carbons (Fsp3) is 0.481. The maximum absolute atomic E-state index is 12.4. The van der Waals surface area contributed by atoms with Crippen molar-refractivity contribution in [2.45, 2.75) is 64.4 Å². The summed E-state index contributed by atoms with van der Waals surface area (Å²) in [7, 11) is 0. The van der Waals surface area contributed by atoms with E-state index in [9.17, 15) is 9.59 Å². The number of hydrogen-bond acceptors (Lipinski definition) is 4. The fourth-order valence-electron chi connectivity index (χ4n) is 6.71. The normalized spacial score (nSPS) is 31.2. The number of esters is 2. The van der Waals surface area contributed by atoms with Gasteiger partial charge in [-0.2, -0.15) is 0 Å². The largest absolute Gasteiger partial charge is 0.462 e. The molecule has 0 bridgehead atoms. The van der Waals surface area contributed by atoms with Crippen LogP contribution >= 0.6 is 0 Å². The second kappa shape index (κ2) is 7.81. The molecule has 0 aliphatic heterocycles. The molecule has 0 amide bonds. The molecule has 31 heavy (non-hydrogen) atoms. The maximum Gasteiger partial charge on any atom is 0.343 e. The molecule has 4 nitrogen and oxygen atoms in total. The minimum atomic E-state index is -0.315. The highest BCUT2D eigenvalue weighted by Crippen LogP contribution is 2.61. The number of hydrogen-bond donors (Lipinski definition) is 0. The zero-order valence-electron chi connectivity index (χ0n) is 18.3. The van der Waals surface area contributed by atoms with Gasteiger partial charge < -0.3 is 9.47 Å². The van der Waals surface area contributed by atoms with Crippen LogP contribution in [-0.4, -0.2) is 18.0 Å². The number of rotatable bonds is 3. The van der Waals surface area contributed by atoms with Crippen LogP contribution in [0.25, 0.3) is 0 Å². The van der Waals surface area contributed by atoms with Crippen LogP contribution in [0.5, 0.6) is 5.75 Å². The molecule has 0 aromatic heterocycles. The van der Waals surface area contributed by atoms with Crippen LogP contribution in [0.2, 0.25) is 0 Å². The van der Waals surface area contributed by atoms with Crippen LogP contribution < -0.4 is 4.74 Å². The molecule has 3 aliphatic rings. The standard InChI is InChI=1S/C27H30O4/c1-17(28)30-25-13-12-24-23-10-8-19-16-20(31-26(29)18-6-4-3-5-7-18)9-11-21(19)22(23)14-15-27(24,25)2/h3-7,9,11,16,22-25H,8,10,12-15H2,1-2H3/t22-,23-,24+,25-,27+/m1/s1. The number of carbonyl (C=O) groups excluding carboxylic acids is 2. The highest BCUT2D eigenvalue weighted by atomic mass is 16.5. The third-order valence-electron chi connectivity index (χ3n) is 8.14. The lowest BCUT2D eigenvalue weighted by molar-refractivity contribution is -0.154. The van der Waals surface area contributed by atoms with Gasteiger partial charge in [-0.15, -0.1) is 0 Å². The number of ether oxygens (including phenoxy) is 2. The Labute approximate surface area is 183 Å². The third-order valence-corrected chi connectivity index (χ3v) is 8.14. The molecule has 5 rings (SSSR count). The van der Waals surface area contributed by atoms with E-state index in [4.69, 9.17) is 9.47 Å². The Balaban J connectivity index is 1.34. The van der Waals surface area contributed by atoms with Gasteiger partial charge in [0.25, 0.3) is 0 Å². The molecule has 5 atom stereocenters. The van der Waals surface area contributed by atoms with Crippen molar-refractivity contribution >= 4 is 11.9 Å². The lowest BCUT2D eigenvalue weighted by Gasteiger charge is -2.50. The Morgan fingerprint density at radius 3 is 2.58 bits per heavy atom. The molecule has 0 heterocycles. The molecule has 2 fully saturated rings. The molecule has 3 aliphatic carbocycles. The van der Waals surface area contributed by atoms with Crippen LogP contribution in [0.4, 0.5) is 0 Å². The lowest BCUT2D eigenvalue weighted by Crippen LogP contribution is -2.45. The first kappa shape index (κ1) is 20.3. The van der Waals surface area contributed by atoms with Gasteiger partial charge in [0.1, 0.15) is 11.9 Å². The first-order valence-electron chi connectivity index (χ1n) is 11.5. The zero-order valence-corrected chi connectivity index (χ0v) is 18.3. The zero-order chi connectivity index (χ0) is 21.6. The summed E-state index contributed by atoms with van der Waals surface area (Å²) >= 11 is 0. The van der Waals surface area contributed by atoms with E-state index in [1.54, 1.807) is 12.1 Å². The summed E-state index contributed by atoms with van der Waals surface area (Å²) in [5.41, 5.74) is 3.41. The summed E-state index contributed by atoms with van der Waals surface area (Å²) in [6, 6.07) is 15.3. The van der Waals surface area contributed by atoms with Gasteiger partial charge in [0.15, 0.2) is 0 Å². The number of aryl methyl sites for hydroxylation is 1. The minimum absolute atomic E-state index is 0.0668. The highest BCUT2D eigenvalue weighted by molar-refractivity contribution is 5.91. The summed E-state index contributed by atoms with van der Waals surface area (Å²) in [4.78, 5) is 24.0. The van der Waals surface area contributed by atoms with Crippen LogP contribution in [-0.2, 0) is 16.0 Å². The Bertz CT molecular complexity index is 998. The number of fused-ring (bicyclic) bond motifs is 5. The molecule has 0 saturated heterocycles. The van der Waals surface area contributed by atoms with Crippen LogP contribution in [0.1, 0.15) is 73.4 Å². The Kier molecular flexibility index (Phi) is 5.11. The molecule has 2 saturated carbocycles. The van der Waals surface area contributed by atoms with Crippen molar-refractivity contribution in [3.8, 4) is 5.75 Å². The summed E-state index contributed by atoms with van der Waals surface area (Å²) in [5.74, 6) is 1.97. The van der Waals surface area contributed by atoms with E-state index in [1.165, 1.54) is 18.1 Å². The Morgan fingerprint density at radius 1 is 1.00 bits per heavy atom. The Morgan fingerprint density at radius 2 is 1.81 bits per heavy atom. The van der Waals surface area contributed by atoms with E-state index in [0.29, 0.717) is 29.1 Å². The second-order valence-electron chi connectivity index (χ2n) is 9.75. The molecular formula is C27H30O4. The average Bonchev–Trinajstić information content (AvgIpc) is 3.09. The van der Waals surface area contributed by atoms with Crippen molar-refractivity contribution in [2.24, 2.45) is 17.3 Å². The monoisotopic (exact) mass is 418 g/mol. The second-order valence-corrected chi connectivity index (χ2v) is 9.75. The Hall–Kier alpha value is -2.62. The summed E-state index contributed by atoms with van der Waals surface area (Å²) in [5, 5.41) is 0. The molecule has 2 aromatic rings. The van der Waals surface area contributed by atoms with Gasteiger partial charge in [-0.3, -0.25) is 4.79 Å². The van der Waals surface area contributed by atoms with Crippen molar-refractivity contribution in [3.63, 3.8) is 0 Å².